The maximum absolute atomic E-state index is 13.1. The van der Waals surface area contributed by atoms with E-state index in [1.807, 2.05) is 18.2 Å². The van der Waals surface area contributed by atoms with Crippen LogP contribution in [0.3, 0.4) is 0 Å². The molecule has 3 heterocycles. The van der Waals surface area contributed by atoms with Crippen LogP contribution in [0.5, 0.6) is 0 Å². The molecule has 0 radical (unpaired) electrons. The quantitative estimate of drug-likeness (QED) is 0.718. The standard InChI is InChI=1S/C18H17N3O3S/c22-25(23,15-8-6-14(7-9-15)18-12-19-13-24-18)21-11-3-5-17(21)16-4-1-2-10-20-16/h1-2,4,6-10,12-13,17H,3,5,11H2. The summed E-state index contributed by atoms with van der Waals surface area (Å²) in [6.07, 6.45) is 6.26. The number of oxazole rings is 1. The normalized spacial score (nSPS) is 18.5. The zero-order valence-corrected chi connectivity index (χ0v) is 14.3. The molecule has 128 valence electrons. The van der Waals surface area contributed by atoms with Crippen LogP contribution in [0, 0.1) is 0 Å². The highest BCUT2D eigenvalue weighted by molar-refractivity contribution is 7.89. The van der Waals surface area contributed by atoms with Crippen LogP contribution in [0.1, 0.15) is 24.6 Å². The van der Waals surface area contributed by atoms with Crippen LogP contribution in [0.4, 0.5) is 0 Å². The average molecular weight is 355 g/mol. The van der Waals surface area contributed by atoms with Crippen LogP contribution >= 0.6 is 0 Å². The molecule has 1 saturated heterocycles. The van der Waals surface area contributed by atoms with Gasteiger partial charge in [-0.05, 0) is 49.2 Å². The summed E-state index contributed by atoms with van der Waals surface area (Å²) >= 11 is 0. The molecule has 3 aromatic rings. The lowest BCUT2D eigenvalue weighted by Gasteiger charge is -2.23. The summed E-state index contributed by atoms with van der Waals surface area (Å²) in [6, 6.07) is 12.1. The summed E-state index contributed by atoms with van der Waals surface area (Å²) in [6.45, 7) is 0.507. The molecule has 0 amide bonds. The third kappa shape index (κ3) is 2.96. The number of nitrogens with zero attached hydrogens (tertiary/aromatic N) is 3. The van der Waals surface area contributed by atoms with E-state index in [2.05, 4.69) is 9.97 Å². The van der Waals surface area contributed by atoms with Crippen LogP contribution < -0.4 is 0 Å². The van der Waals surface area contributed by atoms with Gasteiger partial charge in [-0.2, -0.15) is 4.31 Å². The Kier molecular flexibility index (Phi) is 4.10. The average Bonchev–Trinajstić information content (AvgIpc) is 3.35. The molecule has 4 rings (SSSR count). The van der Waals surface area contributed by atoms with Crippen molar-refractivity contribution >= 4 is 10.0 Å². The molecule has 7 heteroatoms. The van der Waals surface area contributed by atoms with E-state index in [0.29, 0.717) is 12.3 Å². The minimum atomic E-state index is -3.57. The van der Waals surface area contributed by atoms with Crippen LogP contribution in [0.2, 0.25) is 0 Å². The van der Waals surface area contributed by atoms with Crippen molar-refractivity contribution in [1.82, 2.24) is 14.3 Å². The Morgan fingerprint density at radius 3 is 2.64 bits per heavy atom. The second kappa shape index (κ2) is 6.42. The maximum Gasteiger partial charge on any atom is 0.243 e. The Hall–Kier alpha value is -2.51. The van der Waals surface area contributed by atoms with Gasteiger partial charge in [0.15, 0.2) is 12.2 Å². The molecule has 0 N–H and O–H groups in total. The zero-order chi connectivity index (χ0) is 17.3. The molecule has 1 aliphatic heterocycles. The third-order valence-corrected chi connectivity index (χ3v) is 6.33. The molecule has 0 aliphatic carbocycles. The first-order chi connectivity index (χ1) is 12.2. The lowest BCUT2D eigenvalue weighted by Crippen LogP contribution is -2.31. The Morgan fingerprint density at radius 1 is 1.12 bits per heavy atom. The minimum absolute atomic E-state index is 0.208. The summed E-state index contributed by atoms with van der Waals surface area (Å²) in [7, 11) is -3.57. The van der Waals surface area contributed by atoms with E-state index < -0.39 is 10.0 Å². The largest absolute Gasteiger partial charge is 0.444 e. The maximum atomic E-state index is 13.1. The van der Waals surface area contributed by atoms with Gasteiger partial charge < -0.3 is 4.42 Å². The molecule has 1 aromatic carbocycles. The van der Waals surface area contributed by atoms with Crippen LogP contribution in [0.25, 0.3) is 11.3 Å². The minimum Gasteiger partial charge on any atom is -0.444 e. The van der Waals surface area contributed by atoms with Gasteiger partial charge in [-0.25, -0.2) is 13.4 Å². The summed E-state index contributed by atoms with van der Waals surface area (Å²) in [5.41, 5.74) is 1.58. The van der Waals surface area contributed by atoms with Gasteiger partial charge in [-0.3, -0.25) is 4.98 Å². The fraction of sp³-hybridized carbons (Fsp3) is 0.222. The summed E-state index contributed by atoms with van der Waals surface area (Å²) in [5, 5.41) is 0. The molecule has 1 fully saturated rings. The number of aromatic nitrogens is 2. The van der Waals surface area contributed by atoms with Crippen molar-refractivity contribution in [3.05, 3.63) is 66.9 Å². The number of rotatable bonds is 4. The van der Waals surface area contributed by atoms with Gasteiger partial charge in [0.2, 0.25) is 10.0 Å². The second-order valence-corrected chi connectivity index (χ2v) is 7.81. The third-order valence-electron chi connectivity index (χ3n) is 4.41. The number of hydrogen-bond acceptors (Lipinski definition) is 5. The van der Waals surface area contributed by atoms with Gasteiger partial charge in [0.05, 0.1) is 22.8 Å². The summed E-state index contributed by atoms with van der Waals surface area (Å²) in [5.74, 6) is 0.608. The molecular formula is C18H17N3O3S. The molecular weight excluding hydrogens is 338 g/mol. The highest BCUT2D eigenvalue weighted by atomic mass is 32.2. The smallest absolute Gasteiger partial charge is 0.243 e. The molecule has 1 aliphatic rings. The first kappa shape index (κ1) is 16.0. The fourth-order valence-electron chi connectivity index (χ4n) is 3.18. The topological polar surface area (TPSA) is 76.3 Å². The summed E-state index contributed by atoms with van der Waals surface area (Å²) < 4.78 is 33.0. The van der Waals surface area contributed by atoms with Crippen molar-refractivity contribution in [2.45, 2.75) is 23.8 Å². The molecule has 1 unspecified atom stereocenters. The SMILES string of the molecule is O=S(=O)(c1ccc(-c2cnco2)cc1)N1CCCC1c1ccccn1. The molecule has 0 spiro atoms. The van der Waals surface area contributed by atoms with Gasteiger partial charge >= 0.3 is 0 Å². The van der Waals surface area contributed by atoms with Gasteiger partial charge in [0, 0.05) is 18.3 Å². The van der Waals surface area contributed by atoms with Crippen molar-refractivity contribution in [2.24, 2.45) is 0 Å². The highest BCUT2D eigenvalue weighted by Gasteiger charge is 2.36. The Bertz CT molecular complexity index is 939. The van der Waals surface area contributed by atoms with Gasteiger partial charge in [-0.15, -0.1) is 0 Å². The molecule has 2 aromatic heterocycles. The van der Waals surface area contributed by atoms with E-state index in [4.69, 9.17) is 4.42 Å². The van der Waals surface area contributed by atoms with Crippen molar-refractivity contribution in [2.75, 3.05) is 6.54 Å². The first-order valence-electron chi connectivity index (χ1n) is 8.08. The van der Waals surface area contributed by atoms with E-state index in [-0.39, 0.29) is 10.9 Å². The number of benzene rings is 1. The Morgan fingerprint density at radius 2 is 1.96 bits per heavy atom. The van der Waals surface area contributed by atoms with Gasteiger partial charge in [0.1, 0.15) is 0 Å². The van der Waals surface area contributed by atoms with E-state index in [9.17, 15) is 8.42 Å². The summed E-state index contributed by atoms with van der Waals surface area (Å²) in [4.78, 5) is 8.49. The van der Waals surface area contributed by atoms with Crippen molar-refractivity contribution < 1.29 is 12.8 Å². The van der Waals surface area contributed by atoms with E-state index in [1.165, 1.54) is 6.39 Å². The highest BCUT2D eigenvalue weighted by Crippen LogP contribution is 2.35. The number of hydrogen-bond donors (Lipinski definition) is 0. The van der Waals surface area contributed by atoms with Crippen molar-refractivity contribution in [3.63, 3.8) is 0 Å². The fourth-order valence-corrected chi connectivity index (χ4v) is 4.85. The van der Waals surface area contributed by atoms with Crippen LogP contribution in [-0.2, 0) is 10.0 Å². The predicted octanol–water partition coefficient (Wildman–Crippen LogP) is 3.26. The molecule has 1 atom stereocenters. The second-order valence-electron chi connectivity index (χ2n) is 5.92. The van der Waals surface area contributed by atoms with Gasteiger partial charge in [0.25, 0.3) is 0 Å². The molecule has 0 saturated carbocycles. The lowest BCUT2D eigenvalue weighted by atomic mass is 10.1. The van der Waals surface area contributed by atoms with E-state index >= 15 is 0 Å². The monoisotopic (exact) mass is 355 g/mol. The molecule has 0 bridgehead atoms. The van der Waals surface area contributed by atoms with Crippen molar-refractivity contribution in [1.29, 1.82) is 0 Å². The number of sulfonamides is 1. The van der Waals surface area contributed by atoms with Crippen LogP contribution in [0.15, 0.2) is 70.6 Å². The van der Waals surface area contributed by atoms with Crippen molar-refractivity contribution in [3.8, 4) is 11.3 Å². The van der Waals surface area contributed by atoms with E-state index in [1.54, 1.807) is 41.0 Å². The Labute approximate surface area is 146 Å². The lowest BCUT2D eigenvalue weighted by molar-refractivity contribution is 0.390. The van der Waals surface area contributed by atoms with Crippen LogP contribution in [-0.4, -0.2) is 29.2 Å². The Balaban J connectivity index is 1.64. The van der Waals surface area contributed by atoms with E-state index in [0.717, 1.165) is 24.1 Å². The molecule has 25 heavy (non-hydrogen) atoms. The zero-order valence-electron chi connectivity index (χ0n) is 13.4. The van der Waals surface area contributed by atoms with Gasteiger partial charge in [-0.1, -0.05) is 6.07 Å². The number of pyridine rings is 1. The predicted molar refractivity (Wildman–Crippen MR) is 92.0 cm³/mol. The first-order valence-corrected chi connectivity index (χ1v) is 9.52. The molecule has 6 nitrogen and oxygen atoms in total.